The van der Waals surface area contributed by atoms with Crippen LogP contribution >= 0.6 is 0 Å². The zero-order chi connectivity index (χ0) is 14.0. The summed E-state index contributed by atoms with van der Waals surface area (Å²) in [5, 5.41) is 17.0. The summed E-state index contributed by atoms with van der Waals surface area (Å²) in [4.78, 5) is 0. The molecule has 0 bridgehead atoms. The predicted molar refractivity (Wildman–Crippen MR) is 73.6 cm³/mol. The smallest absolute Gasteiger partial charge is 0.0861 e. The molecule has 0 atom stereocenters. The van der Waals surface area contributed by atoms with Crippen LogP contribution in [0.4, 0.5) is 0 Å². The van der Waals surface area contributed by atoms with Gasteiger partial charge in [0.05, 0.1) is 39.0 Å². The van der Waals surface area contributed by atoms with Crippen LogP contribution in [0.3, 0.4) is 0 Å². The maximum absolute atomic E-state index is 8.48. The summed E-state index contributed by atoms with van der Waals surface area (Å²) in [5.74, 6) is 0. The SMILES string of the molecule is OCCOCCCC=COC=CCCCOCCO. The second-order valence-electron chi connectivity index (χ2n) is 3.84. The molecule has 0 aliphatic heterocycles. The van der Waals surface area contributed by atoms with Crippen LogP contribution in [0.15, 0.2) is 24.7 Å². The largest absolute Gasteiger partial charge is 0.473 e. The number of unbranched alkanes of at least 4 members (excludes halogenated alkanes) is 2. The minimum Gasteiger partial charge on any atom is -0.473 e. The summed E-state index contributed by atoms with van der Waals surface area (Å²) in [6.45, 7) is 2.29. The lowest BCUT2D eigenvalue weighted by atomic mass is 10.3. The number of ether oxygens (including phenoxy) is 3. The molecule has 0 saturated carbocycles. The van der Waals surface area contributed by atoms with Crippen LogP contribution in [0.2, 0.25) is 0 Å². The van der Waals surface area contributed by atoms with Crippen LogP contribution in [0, 0.1) is 0 Å². The molecule has 5 heteroatoms. The Bertz CT molecular complexity index is 194. The number of hydrogen-bond donors (Lipinski definition) is 2. The normalized spacial score (nSPS) is 11.7. The molecule has 112 valence electrons. The van der Waals surface area contributed by atoms with Crippen molar-refractivity contribution in [3.63, 3.8) is 0 Å². The van der Waals surface area contributed by atoms with Crippen molar-refractivity contribution < 1.29 is 24.4 Å². The Kier molecular flexibility index (Phi) is 16.3. The van der Waals surface area contributed by atoms with Gasteiger partial charge >= 0.3 is 0 Å². The Morgan fingerprint density at radius 3 is 1.58 bits per heavy atom. The first kappa shape index (κ1) is 18.1. The van der Waals surface area contributed by atoms with Crippen molar-refractivity contribution in [3.8, 4) is 0 Å². The number of aliphatic hydroxyl groups is 2. The molecular formula is C14H26O5. The minimum absolute atomic E-state index is 0.0782. The fourth-order valence-corrected chi connectivity index (χ4v) is 1.23. The summed E-state index contributed by atoms with van der Waals surface area (Å²) >= 11 is 0. The highest BCUT2D eigenvalue weighted by atomic mass is 16.5. The van der Waals surface area contributed by atoms with Gasteiger partial charge in [0, 0.05) is 13.2 Å². The lowest BCUT2D eigenvalue weighted by Gasteiger charge is -1.99. The second kappa shape index (κ2) is 17.1. The Labute approximate surface area is 115 Å². The zero-order valence-corrected chi connectivity index (χ0v) is 11.5. The molecule has 0 aromatic rings. The third kappa shape index (κ3) is 17.1. The fraction of sp³-hybridized carbons (Fsp3) is 0.714. The van der Waals surface area contributed by atoms with Crippen molar-refractivity contribution >= 4 is 0 Å². The average molecular weight is 274 g/mol. The lowest BCUT2D eigenvalue weighted by molar-refractivity contribution is 0.0910. The summed E-state index contributed by atoms with van der Waals surface area (Å²) < 4.78 is 15.4. The van der Waals surface area contributed by atoms with Gasteiger partial charge in [0.2, 0.25) is 0 Å². The van der Waals surface area contributed by atoms with Crippen molar-refractivity contribution in [1.29, 1.82) is 0 Å². The highest BCUT2D eigenvalue weighted by Gasteiger charge is 1.86. The molecule has 2 N–H and O–H groups in total. The first-order chi connectivity index (χ1) is 9.41. The Morgan fingerprint density at radius 2 is 1.16 bits per heavy atom. The molecule has 5 nitrogen and oxygen atoms in total. The summed E-state index contributed by atoms with van der Waals surface area (Å²) in [5.41, 5.74) is 0. The van der Waals surface area contributed by atoms with E-state index in [2.05, 4.69) is 0 Å². The lowest BCUT2D eigenvalue weighted by Crippen LogP contribution is -2.00. The third-order valence-electron chi connectivity index (χ3n) is 2.14. The number of allylic oxidation sites excluding steroid dienone is 2. The zero-order valence-electron chi connectivity index (χ0n) is 11.5. The van der Waals surface area contributed by atoms with E-state index in [-0.39, 0.29) is 13.2 Å². The summed E-state index contributed by atoms with van der Waals surface area (Å²) in [6.07, 6.45) is 10.8. The summed E-state index contributed by atoms with van der Waals surface area (Å²) in [6, 6.07) is 0. The highest BCUT2D eigenvalue weighted by Crippen LogP contribution is 1.95. The molecule has 0 aromatic heterocycles. The van der Waals surface area contributed by atoms with Gasteiger partial charge in [0.25, 0.3) is 0 Å². The first-order valence-electron chi connectivity index (χ1n) is 6.74. The molecule has 0 amide bonds. The molecule has 0 radical (unpaired) electrons. The van der Waals surface area contributed by atoms with Crippen LogP contribution in [0.5, 0.6) is 0 Å². The standard InChI is InChI=1S/C14H26O5/c15-7-13-18-11-5-1-3-9-17-10-4-2-6-12-19-14-8-16/h3-4,9-10,15-16H,1-2,5-8,11-14H2. The van der Waals surface area contributed by atoms with Gasteiger partial charge in [0.1, 0.15) is 0 Å². The average Bonchev–Trinajstić information content (AvgIpc) is 2.43. The van der Waals surface area contributed by atoms with E-state index in [0.717, 1.165) is 25.7 Å². The quantitative estimate of drug-likeness (QED) is 0.372. The fourth-order valence-electron chi connectivity index (χ4n) is 1.23. The molecule has 0 aromatic carbocycles. The number of hydrogen-bond acceptors (Lipinski definition) is 5. The van der Waals surface area contributed by atoms with E-state index < -0.39 is 0 Å². The molecule has 0 rings (SSSR count). The van der Waals surface area contributed by atoms with E-state index in [1.165, 1.54) is 0 Å². The summed E-state index contributed by atoms with van der Waals surface area (Å²) in [7, 11) is 0. The molecule has 0 unspecified atom stereocenters. The van der Waals surface area contributed by atoms with E-state index in [0.29, 0.717) is 26.4 Å². The maximum Gasteiger partial charge on any atom is 0.0861 e. The van der Waals surface area contributed by atoms with Crippen molar-refractivity contribution in [2.45, 2.75) is 25.7 Å². The molecule has 0 fully saturated rings. The molecular weight excluding hydrogens is 248 g/mol. The van der Waals surface area contributed by atoms with Crippen LogP contribution < -0.4 is 0 Å². The van der Waals surface area contributed by atoms with E-state index in [1.54, 1.807) is 12.5 Å². The highest BCUT2D eigenvalue weighted by molar-refractivity contribution is 4.79. The Morgan fingerprint density at radius 1 is 0.684 bits per heavy atom. The van der Waals surface area contributed by atoms with Gasteiger partial charge in [-0.3, -0.25) is 0 Å². The van der Waals surface area contributed by atoms with Crippen molar-refractivity contribution in [1.82, 2.24) is 0 Å². The maximum atomic E-state index is 8.48. The topological polar surface area (TPSA) is 68.2 Å². The molecule has 0 saturated heterocycles. The predicted octanol–water partition coefficient (Wildman–Crippen LogP) is 1.61. The van der Waals surface area contributed by atoms with Crippen molar-refractivity contribution in [2.24, 2.45) is 0 Å². The van der Waals surface area contributed by atoms with Gasteiger partial charge in [-0.1, -0.05) is 0 Å². The van der Waals surface area contributed by atoms with E-state index in [9.17, 15) is 0 Å². The Balaban J connectivity index is 3.14. The molecule has 0 aliphatic rings. The van der Waals surface area contributed by atoms with Crippen LogP contribution in [0.25, 0.3) is 0 Å². The van der Waals surface area contributed by atoms with Crippen LogP contribution in [0.1, 0.15) is 25.7 Å². The second-order valence-corrected chi connectivity index (χ2v) is 3.84. The Hall–Kier alpha value is -0.880. The van der Waals surface area contributed by atoms with Gasteiger partial charge in [-0.25, -0.2) is 0 Å². The van der Waals surface area contributed by atoms with Crippen LogP contribution in [-0.2, 0) is 14.2 Å². The molecule has 0 aliphatic carbocycles. The van der Waals surface area contributed by atoms with Gasteiger partial charge < -0.3 is 24.4 Å². The van der Waals surface area contributed by atoms with E-state index in [1.807, 2.05) is 12.2 Å². The van der Waals surface area contributed by atoms with E-state index >= 15 is 0 Å². The van der Waals surface area contributed by atoms with Gasteiger partial charge in [-0.2, -0.15) is 0 Å². The van der Waals surface area contributed by atoms with E-state index in [4.69, 9.17) is 24.4 Å². The van der Waals surface area contributed by atoms with Crippen molar-refractivity contribution in [3.05, 3.63) is 24.7 Å². The molecule has 0 spiro atoms. The van der Waals surface area contributed by atoms with Gasteiger partial charge in [-0.05, 0) is 37.8 Å². The minimum atomic E-state index is 0.0782. The molecule has 0 heterocycles. The number of aliphatic hydroxyl groups excluding tert-OH is 2. The monoisotopic (exact) mass is 274 g/mol. The van der Waals surface area contributed by atoms with Crippen molar-refractivity contribution in [2.75, 3.05) is 39.6 Å². The van der Waals surface area contributed by atoms with Gasteiger partial charge in [0.15, 0.2) is 0 Å². The first-order valence-corrected chi connectivity index (χ1v) is 6.74. The third-order valence-corrected chi connectivity index (χ3v) is 2.14. The number of rotatable bonds is 14. The molecule has 19 heavy (non-hydrogen) atoms. The van der Waals surface area contributed by atoms with Crippen LogP contribution in [-0.4, -0.2) is 49.9 Å². The van der Waals surface area contributed by atoms with Gasteiger partial charge in [-0.15, -0.1) is 0 Å².